The molecule has 8 heteroatoms. The number of rotatable bonds is 6. The topological polar surface area (TPSA) is 50.7 Å². The van der Waals surface area contributed by atoms with E-state index in [2.05, 4.69) is 19.8 Å². The van der Waals surface area contributed by atoms with E-state index in [1.165, 1.54) is 12.7 Å². The Kier molecular flexibility index (Phi) is 5.63. The zero-order chi connectivity index (χ0) is 18.6. The molecule has 0 spiro atoms. The molecule has 2 fully saturated rings. The van der Waals surface area contributed by atoms with Crippen LogP contribution in [-0.4, -0.2) is 73.3 Å². The smallest absolute Gasteiger partial charge is 0.272 e. The van der Waals surface area contributed by atoms with Crippen molar-refractivity contribution in [3.8, 4) is 5.88 Å². The van der Waals surface area contributed by atoms with Gasteiger partial charge in [-0.05, 0) is 31.0 Å². The summed E-state index contributed by atoms with van der Waals surface area (Å²) in [4.78, 5) is 13.0. The van der Waals surface area contributed by atoms with E-state index in [4.69, 9.17) is 9.47 Å². The molecule has 3 heterocycles. The molecule has 2 aliphatic rings. The summed E-state index contributed by atoms with van der Waals surface area (Å²) in [6.07, 6.45) is 1.51. The van der Waals surface area contributed by atoms with Crippen molar-refractivity contribution in [2.24, 2.45) is 0 Å². The predicted octanol–water partition coefficient (Wildman–Crippen LogP) is 2.57. The molecule has 2 aromatic rings. The fourth-order valence-electron chi connectivity index (χ4n) is 3.74. The Morgan fingerprint density at radius 3 is 2.78 bits per heavy atom. The van der Waals surface area contributed by atoms with E-state index in [0.717, 1.165) is 51.4 Å². The van der Waals surface area contributed by atoms with Crippen molar-refractivity contribution in [3.63, 3.8) is 0 Å². The van der Waals surface area contributed by atoms with E-state index in [9.17, 15) is 8.78 Å². The molecule has 0 radical (unpaired) electrons. The maximum atomic E-state index is 12.5. The molecule has 6 nitrogen and oxygen atoms in total. The standard InChI is InChI=1S/C19H24F2N4O2/c20-18(21)12-27-19-16-10-14(3-4-17(16)22-13-23-19)25-7-5-24(6-8-25)11-15-2-1-9-26-15/h3-4,10,13,15,18H,1-2,5-9,11-12H2. The van der Waals surface area contributed by atoms with Gasteiger partial charge in [0.1, 0.15) is 6.33 Å². The molecule has 1 unspecified atom stereocenters. The van der Waals surface area contributed by atoms with Crippen molar-refractivity contribution in [2.45, 2.75) is 25.4 Å². The Hall–Kier alpha value is -2.06. The van der Waals surface area contributed by atoms with Crippen molar-refractivity contribution in [2.75, 3.05) is 50.8 Å². The highest BCUT2D eigenvalue weighted by Gasteiger charge is 2.23. The van der Waals surface area contributed by atoms with Crippen LogP contribution in [0.25, 0.3) is 10.9 Å². The quantitative estimate of drug-likeness (QED) is 0.770. The zero-order valence-electron chi connectivity index (χ0n) is 15.2. The number of hydrogen-bond donors (Lipinski definition) is 0. The molecule has 1 atom stereocenters. The molecular formula is C19H24F2N4O2. The highest BCUT2D eigenvalue weighted by Crippen LogP contribution is 2.27. The number of alkyl halides is 2. The van der Waals surface area contributed by atoms with Crippen LogP contribution in [0.2, 0.25) is 0 Å². The van der Waals surface area contributed by atoms with Crippen LogP contribution < -0.4 is 9.64 Å². The van der Waals surface area contributed by atoms with Crippen molar-refractivity contribution >= 4 is 16.6 Å². The van der Waals surface area contributed by atoms with Crippen molar-refractivity contribution in [1.29, 1.82) is 0 Å². The molecule has 1 aromatic carbocycles. The van der Waals surface area contributed by atoms with E-state index in [1.54, 1.807) is 0 Å². The summed E-state index contributed by atoms with van der Waals surface area (Å²) in [7, 11) is 0. The predicted molar refractivity (Wildman–Crippen MR) is 98.7 cm³/mol. The number of ether oxygens (including phenoxy) is 2. The van der Waals surface area contributed by atoms with E-state index in [-0.39, 0.29) is 5.88 Å². The molecule has 0 N–H and O–H groups in total. The minimum atomic E-state index is -2.53. The Morgan fingerprint density at radius 1 is 1.19 bits per heavy atom. The van der Waals surface area contributed by atoms with E-state index in [0.29, 0.717) is 17.0 Å². The lowest BCUT2D eigenvalue weighted by molar-refractivity contribution is 0.0713. The van der Waals surface area contributed by atoms with Gasteiger partial charge in [0.15, 0.2) is 6.61 Å². The third-order valence-electron chi connectivity index (χ3n) is 5.15. The monoisotopic (exact) mass is 378 g/mol. The van der Waals surface area contributed by atoms with Crippen LogP contribution in [0.15, 0.2) is 24.5 Å². The maximum absolute atomic E-state index is 12.5. The summed E-state index contributed by atoms with van der Waals surface area (Å²) in [6, 6.07) is 5.84. The molecule has 0 amide bonds. The van der Waals surface area contributed by atoms with Gasteiger partial charge < -0.3 is 14.4 Å². The summed E-state index contributed by atoms with van der Waals surface area (Å²) < 4.78 is 35.9. The second-order valence-electron chi connectivity index (χ2n) is 7.01. The second-order valence-corrected chi connectivity index (χ2v) is 7.01. The summed E-state index contributed by atoms with van der Waals surface area (Å²) >= 11 is 0. The summed E-state index contributed by atoms with van der Waals surface area (Å²) in [5.74, 6) is 0.208. The number of anilines is 1. The first-order valence-electron chi connectivity index (χ1n) is 9.43. The Bertz CT molecular complexity index is 762. The zero-order valence-corrected chi connectivity index (χ0v) is 15.2. The Balaban J connectivity index is 1.43. The number of hydrogen-bond acceptors (Lipinski definition) is 6. The molecule has 146 valence electrons. The fourth-order valence-corrected chi connectivity index (χ4v) is 3.74. The fraction of sp³-hybridized carbons (Fsp3) is 0.579. The van der Waals surface area contributed by atoms with Gasteiger partial charge in [0, 0.05) is 45.0 Å². The van der Waals surface area contributed by atoms with E-state index < -0.39 is 13.0 Å². The molecular weight excluding hydrogens is 354 g/mol. The Morgan fingerprint density at radius 2 is 2.04 bits per heavy atom. The van der Waals surface area contributed by atoms with Gasteiger partial charge in [0.2, 0.25) is 5.88 Å². The SMILES string of the molecule is FC(F)COc1ncnc2ccc(N3CCN(CC4CCCO4)CC3)cc12. The van der Waals surface area contributed by atoms with Crippen LogP contribution in [0, 0.1) is 0 Å². The number of benzene rings is 1. The number of nitrogens with zero attached hydrogens (tertiary/aromatic N) is 4. The first kappa shape index (κ1) is 18.3. The third-order valence-corrected chi connectivity index (χ3v) is 5.15. The highest BCUT2D eigenvalue weighted by molar-refractivity contribution is 5.86. The molecule has 4 rings (SSSR count). The van der Waals surface area contributed by atoms with Crippen molar-refractivity contribution in [1.82, 2.24) is 14.9 Å². The molecule has 0 bridgehead atoms. The second kappa shape index (κ2) is 8.31. The van der Waals surface area contributed by atoms with Crippen LogP contribution in [0.4, 0.5) is 14.5 Å². The third kappa shape index (κ3) is 4.44. The van der Waals surface area contributed by atoms with Gasteiger partial charge in [-0.1, -0.05) is 0 Å². The molecule has 1 aromatic heterocycles. The average Bonchev–Trinajstić information content (AvgIpc) is 3.19. The first-order chi connectivity index (χ1) is 13.2. The largest absolute Gasteiger partial charge is 0.471 e. The van der Waals surface area contributed by atoms with Gasteiger partial charge in [0.05, 0.1) is 17.0 Å². The van der Waals surface area contributed by atoms with Crippen LogP contribution in [0.5, 0.6) is 5.88 Å². The van der Waals surface area contributed by atoms with Gasteiger partial charge >= 0.3 is 0 Å². The lowest BCUT2D eigenvalue weighted by atomic mass is 10.1. The van der Waals surface area contributed by atoms with Gasteiger partial charge in [-0.25, -0.2) is 18.7 Å². The molecule has 27 heavy (non-hydrogen) atoms. The van der Waals surface area contributed by atoms with Crippen molar-refractivity contribution < 1.29 is 18.3 Å². The van der Waals surface area contributed by atoms with Gasteiger partial charge in [-0.2, -0.15) is 0 Å². The van der Waals surface area contributed by atoms with Gasteiger partial charge in [-0.3, -0.25) is 4.90 Å². The minimum absolute atomic E-state index is 0.208. The van der Waals surface area contributed by atoms with Crippen molar-refractivity contribution in [3.05, 3.63) is 24.5 Å². The average molecular weight is 378 g/mol. The van der Waals surface area contributed by atoms with Crippen LogP contribution in [-0.2, 0) is 4.74 Å². The molecule has 2 saturated heterocycles. The molecule has 0 saturated carbocycles. The lowest BCUT2D eigenvalue weighted by Crippen LogP contribution is -2.48. The number of aromatic nitrogens is 2. The van der Waals surface area contributed by atoms with Gasteiger partial charge in [0.25, 0.3) is 6.43 Å². The number of fused-ring (bicyclic) bond motifs is 1. The number of piperazine rings is 1. The molecule has 2 aliphatic heterocycles. The van der Waals surface area contributed by atoms with Gasteiger partial charge in [-0.15, -0.1) is 0 Å². The van der Waals surface area contributed by atoms with E-state index >= 15 is 0 Å². The van der Waals surface area contributed by atoms with E-state index in [1.807, 2.05) is 18.2 Å². The van der Waals surface area contributed by atoms with Crippen LogP contribution >= 0.6 is 0 Å². The summed E-state index contributed by atoms with van der Waals surface area (Å²) in [5, 5.41) is 0.664. The first-order valence-corrected chi connectivity index (χ1v) is 9.43. The Labute approximate surface area is 157 Å². The molecule has 0 aliphatic carbocycles. The van der Waals surface area contributed by atoms with Crippen LogP contribution in [0.3, 0.4) is 0 Å². The summed E-state index contributed by atoms with van der Waals surface area (Å²) in [5.41, 5.74) is 1.73. The van der Waals surface area contributed by atoms with Crippen LogP contribution in [0.1, 0.15) is 12.8 Å². The minimum Gasteiger partial charge on any atom is -0.471 e. The highest BCUT2D eigenvalue weighted by atomic mass is 19.3. The summed E-state index contributed by atoms with van der Waals surface area (Å²) in [6.45, 7) is 5.02. The number of halogens is 2. The lowest BCUT2D eigenvalue weighted by Gasteiger charge is -2.37. The maximum Gasteiger partial charge on any atom is 0.272 e. The normalized spacial score (nSPS) is 21.3.